The highest BCUT2D eigenvalue weighted by Crippen LogP contribution is 2.30. The van der Waals surface area contributed by atoms with E-state index in [0.717, 1.165) is 10.5 Å². The SMILES string of the molecule is Cc1nc(-c2cccc(Cl)c2)sc1C(=O)O[C@H](C)C(=O)N1CCNC1=O. The van der Waals surface area contributed by atoms with Gasteiger partial charge in [-0.1, -0.05) is 23.7 Å². The van der Waals surface area contributed by atoms with Gasteiger partial charge in [0.15, 0.2) is 6.10 Å². The second kappa shape index (κ2) is 7.43. The van der Waals surface area contributed by atoms with Crippen LogP contribution in [0.15, 0.2) is 24.3 Å². The Morgan fingerprint density at radius 3 is 2.85 bits per heavy atom. The summed E-state index contributed by atoms with van der Waals surface area (Å²) < 4.78 is 5.25. The lowest BCUT2D eigenvalue weighted by atomic mass is 10.2. The topological polar surface area (TPSA) is 88.6 Å². The number of imide groups is 1. The summed E-state index contributed by atoms with van der Waals surface area (Å²) in [5.41, 5.74) is 1.30. The standard InChI is InChI=1S/C17H16ClN3O4S/c1-9-13(26-14(20-9)11-4-3-5-12(18)8-11)16(23)25-10(2)15(22)21-7-6-19-17(21)24/h3-5,8,10H,6-7H2,1-2H3,(H,19,24)/t10-/m1/s1. The second-order valence-electron chi connectivity index (χ2n) is 5.71. The Bertz CT molecular complexity index is 883. The molecule has 0 bridgehead atoms. The maximum Gasteiger partial charge on any atom is 0.351 e. The van der Waals surface area contributed by atoms with Crippen LogP contribution >= 0.6 is 22.9 Å². The predicted molar refractivity (Wildman–Crippen MR) is 97.3 cm³/mol. The monoisotopic (exact) mass is 393 g/mol. The third-order valence-electron chi connectivity index (χ3n) is 3.81. The smallest absolute Gasteiger partial charge is 0.351 e. The molecule has 1 N–H and O–H groups in total. The fourth-order valence-corrected chi connectivity index (χ4v) is 3.63. The predicted octanol–water partition coefficient (Wildman–Crippen LogP) is 2.87. The van der Waals surface area contributed by atoms with Crippen LogP contribution in [0.2, 0.25) is 5.02 Å². The molecule has 0 aliphatic carbocycles. The molecule has 0 spiro atoms. The maximum atomic E-state index is 12.4. The number of aryl methyl sites for hydroxylation is 1. The molecule has 1 atom stereocenters. The van der Waals surface area contributed by atoms with Gasteiger partial charge in [-0.3, -0.25) is 9.69 Å². The number of esters is 1. The Labute approximate surface area is 158 Å². The van der Waals surface area contributed by atoms with Crippen molar-refractivity contribution in [3.8, 4) is 10.6 Å². The van der Waals surface area contributed by atoms with Crippen molar-refractivity contribution < 1.29 is 19.1 Å². The van der Waals surface area contributed by atoms with E-state index in [-0.39, 0.29) is 6.54 Å². The molecule has 26 heavy (non-hydrogen) atoms. The summed E-state index contributed by atoms with van der Waals surface area (Å²) >= 11 is 7.16. The second-order valence-corrected chi connectivity index (χ2v) is 7.15. The van der Waals surface area contributed by atoms with Gasteiger partial charge in [0.2, 0.25) is 0 Å². The summed E-state index contributed by atoms with van der Waals surface area (Å²) in [4.78, 5) is 42.0. The molecule has 2 heterocycles. The van der Waals surface area contributed by atoms with Crippen molar-refractivity contribution in [3.63, 3.8) is 0 Å². The largest absolute Gasteiger partial charge is 0.448 e. The summed E-state index contributed by atoms with van der Waals surface area (Å²) in [5, 5.41) is 3.74. The molecular weight excluding hydrogens is 378 g/mol. The van der Waals surface area contributed by atoms with Gasteiger partial charge in [0, 0.05) is 23.7 Å². The Kier molecular flexibility index (Phi) is 5.24. The van der Waals surface area contributed by atoms with Crippen molar-refractivity contribution in [2.75, 3.05) is 13.1 Å². The van der Waals surface area contributed by atoms with Crippen LogP contribution in [0, 0.1) is 6.92 Å². The quantitative estimate of drug-likeness (QED) is 0.807. The Morgan fingerprint density at radius 2 is 2.19 bits per heavy atom. The highest BCUT2D eigenvalue weighted by atomic mass is 35.5. The van der Waals surface area contributed by atoms with Crippen LogP contribution in [0.5, 0.6) is 0 Å². The number of nitrogens with zero attached hydrogens (tertiary/aromatic N) is 2. The van der Waals surface area contributed by atoms with Gasteiger partial charge in [-0.05, 0) is 26.0 Å². The first-order valence-electron chi connectivity index (χ1n) is 7.90. The van der Waals surface area contributed by atoms with Crippen LogP contribution in [0.4, 0.5) is 4.79 Å². The first kappa shape index (κ1) is 18.3. The number of hydrogen-bond acceptors (Lipinski definition) is 6. The molecule has 3 amide bonds. The van der Waals surface area contributed by atoms with Gasteiger partial charge >= 0.3 is 12.0 Å². The zero-order valence-electron chi connectivity index (χ0n) is 14.1. The number of thiazole rings is 1. The fourth-order valence-electron chi connectivity index (χ4n) is 2.50. The van der Waals surface area contributed by atoms with E-state index in [1.165, 1.54) is 18.3 Å². The Balaban J connectivity index is 1.74. The number of urea groups is 1. The number of amides is 3. The molecule has 1 fully saturated rings. The molecule has 1 aromatic carbocycles. The summed E-state index contributed by atoms with van der Waals surface area (Å²) in [6.45, 7) is 3.79. The van der Waals surface area contributed by atoms with Gasteiger partial charge in [0.1, 0.15) is 9.88 Å². The van der Waals surface area contributed by atoms with Gasteiger partial charge in [-0.15, -0.1) is 11.3 Å². The molecule has 0 saturated carbocycles. The Hall–Kier alpha value is -2.45. The highest BCUT2D eigenvalue weighted by Gasteiger charge is 2.32. The minimum Gasteiger partial charge on any atom is -0.448 e. The van der Waals surface area contributed by atoms with Crippen molar-refractivity contribution in [3.05, 3.63) is 39.9 Å². The summed E-state index contributed by atoms with van der Waals surface area (Å²) in [7, 11) is 0. The molecule has 1 aromatic heterocycles. The van der Waals surface area contributed by atoms with Crippen LogP contribution in [0.3, 0.4) is 0 Å². The first-order valence-corrected chi connectivity index (χ1v) is 9.10. The van der Waals surface area contributed by atoms with Crippen LogP contribution in [0.25, 0.3) is 10.6 Å². The zero-order chi connectivity index (χ0) is 18.8. The van der Waals surface area contributed by atoms with Crippen LogP contribution in [-0.2, 0) is 9.53 Å². The molecule has 7 nitrogen and oxygen atoms in total. The average Bonchev–Trinajstić information content (AvgIpc) is 3.20. The van der Waals surface area contributed by atoms with Crippen LogP contribution < -0.4 is 5.32 Å². The number of ether oxygens (including phenoxy) is 1. The number of nitrogens with one attached hydrogen (secondary N) is 1. The summed E-state index contributed by atoms with van der Waals surface area (Å²) in [6, 6.07) is 6.68. The van der Waals surface area contributed by atoms with Crippen molar-refractivity contribution in [1.82, 2.24) is 15.2 Å². The first-order chi connectivity index (χ1) is 12.4. The highest BCUT2D eigenvalue weighted by molar-refractivity contribution is 7.17. The summed E-state index contributed by atoms with van der Waals surface area (Å²) in [6.07, 6.45) is -1.07. The number of aromatic nitrogens is 1. The van der Waals surface area contributed by atoms with Gasteiger partial charge in [0.05, 0.1) is 5.69 Å². The van der Waals surface area contributed by atoms with Gasteiger partial charge in [-0.25, -0.2) is 14.6 Å². The van der Waals surface area contributed by atoms with Crippen molar-refractivity contribution >= 4 is 40.8 Å². The molecule has 1 aliphatic heterocycles. The van der Waals surface area contributed by atoms with Crippen molar-refractivity contribution in [2.45, 2.75) is 20.0 Å². The lowest BCUT2D eigenvalue weighted by Crippen LogP contribution is -2.41. The molecule has 1 saturated heterocycles. The van der Waals surface area contributed by atoms with E-state index in [1.807, 2.05) is 6.07 Å². The minimum atomic E-state index is -1.07. The van der Waals surface area contributed by atoms with Gasteiger partial charge < -0.3 is 10.1 Å². The lowest BCUT2D eigenvalue weighted by Gasteiger charge is -2.17. The number of halogens is 1. The van der Waals surface area contributed by atoms with E-state index in [2.05, 4.69) is 10.3 Å². The zero-order valence-corrected chi connectivity index (χ0v) is 15.7. The van der Waals surface area contributed by atoms with Crippen molar-refractivity contribution in [1.29, 1.82) is 0 Å². The van der Waals surface area contributed by atoms with E-state index in [0.29, 0.717) is 27.1 Å². The minimum absolute atomic E-state index is 0.262. The Morgan fingerprint density at radius 1 is 1.42 bits per heavy atom. The number of rotatable bonds is 4. The van der Waals surface area contributed by atoms with E-state index in [1.54, 1.807) is 25.1 Å². The number of carbonyl (C=O) groups is 3. The van der Waals surface area contributed by atoms with Gasteiger partial charge in [0.25, 0.3) is 5.91 Å². The maximum absolute atomic E-state index is 12.4. The third kappa shape index (κ3) is 3.71. The molecule has 136 valence electrons. The average molecular weight is 394 g/mol. The molecule has 9 heteroatoms. The number of hydrogen-bond donors (Lipinski definition) is 1. The van der Waals surface area contributed by atoms with Crippen LogP contribution in [-0.4, -0.2) is 47.0 Å². The fraction of sp³-hybridized carbons (Fsp3) is 0.294. The molecule has 2 aromatic rings. The van der Waals surface area contributed by atoms with E-state index >= 15 is 0 Å². The third-order valence-corrected chi connectivity index (χ3v) is 5.23. The van der Waals surface area contributed by atoms with Crippen molar-refractivity contribution in [2.24, 2.45) is 0 Å². The van der Waals surface area contributed by atoms with E-state index in [9.17, 15) is 14.4 Å². The molecule has 1 aliphatic rings. The number of benzene rings is 1. The lowest BCUT2D eigenvalue weighted by molar-refractivity contribution is -0.136. The summed E-state index contributed by atoms with van der Waals surface area (Å²) in [5.74, 6) is -1.20. The molecule has 3 rings (SSSR count). The molecule has 0 radical (unpaired) electrons. The van der Waals surface area contributed by atoms with Crippen LogP contribution in [0.1, 0.15) is 22.3 Å². The van der Waals surface area contributed by atoms with E-state index < -0.39 is 24.0 Å². The normalized spacial score (nSPS) is 14.9. The molecular formula is C17H16ClN3O4S. The number of carbonyl (C=O) groups excluding carboxylic acids is 3. The van der Waals surface area contributed by atoms with E-state index in [4.69, 9.17) is 16.3 Å². The molecule has 0 unspecified atom stereocenters. The van der Waals surface area contributed by atoms with Gasteiger partial charge in [-0.2, -0.15) is 0 Å².